The molecule has 0 unspecified atom stereocenters. The summed E-state index contributed by atoms with van der Waals surface area (Å²) in [6.45, 7) is 2.26. The molecule has 1 aliphatic heterocycles. The molecule has 0 aromatic carbocycles. The third-order valence-electron chi connectivity index (χ3n) is 2.59. The van der Waals surface area contributed by atoms with E-state index in [2.05, 4.69) is 10.4 Å². The van der Waals surface area contributed by atoms with Crippen molar-refractivity contribution in [1.82, 2.24) is 15.1 Å². The standard InChI is InChI=1S/C9H14ClN3O/c10-8-5-12-13(6-8)7-9(14)1-3-11-4-2-9/h5-6,11,14H,1-4,7H2. The van der Waals surface area contributed by atoms with Crippen molar-refractivity contribution in [3.05, 3.63) is 17.4 Å². The van der Waals surface area contributed by atoms with Gasteiger partial charge >= 0.3 is 0 Å². The van der Waals surface area contributed by atoms with Gasteiger partial charge in [0.1, 0.15) is 0 Å². The van der Waals surface area contributed by atoms with Gasteiger partial charge in [0, 0.05) is 6.20 Å². The van der Waals surface area contributed by atoms with Gasteiger partial charge in [-0.05, 0) is 25.9 Å². The Kier molecular flexibility index (Phi) is 2.76. The Labute approximate surface area is 87.9 Å². The van der Waals surface area contributed by atoms with Gasteiger partial charge in [-0.1, -0.05) is 11.6 Å². The maximum Gasteiger partial charge on any atom is 0.0866 e. The van der Waals surface area contributed by atoms with Crippen LogP contribution in [0.4, 0.5) is 0 Å². The molecule has 1 saturated heterocycles. The van der Waals surface area contributed by atoms with Gasteiger partial charge in [-0.15, -0.1) is 0 Å². The quantitative estimate of drug-likeness (QED) is 0.762. The Bertz CT molecular complexity index is 307. The van der Waals surface area contributed by atoms with Crippen molar-refractivity contribution in [2.45, 2.75) is 25.0 Å². The summed E-state index contributed by atoms with van der Waals surface area (Å²) in [6, 6.07) is 0. The van der Waals surface area contributed by atoms with Crippen molar-refractivity contribution < 1.29 is 5.11 Å². The SMILES string of the molecule is OC1(Cn2cc(Cl)cn2)CCNCC1. The lowest BCUT2D eigenvalue weighted by molar-refractivity contribution is -0.00822. The predicted molar refractivity (Wildman–Crippen MR) is 54.3 cm³/mol. The number of hydrogen-bond donors (Lipinski definition) is 2. The Hall–Kier alpha value is -0.580. The molecule has 1 aliphatic rings. The minimum atomic E-state index is -0.624. The average molecular weight is 216 g/mol. The largest absolute Gasteiger partial charge is 0.388 e. The number of rotatable bonds is 2. The van der Waals surface area contributed by atoms with E-state index in [4.69, 9.17) is 11.6 Å². The number of aliphatic hydroxyl groups is 1. The number of hydrogen-bond acceptors (Lipinski definition) is 3. The van der Waals surface area contributed by atoms with E-state index in [0.717, 1.165) is 25.9 Å². The smallest absolute Gasteiger partial charge is 0.0866 e. The summed E-state index contributed by atoms with van der Waals surface area (Å²) in [5.74, 6) is 0. The van der Waals surface area contributed by atoms with Crippen LogP contribution in [0, 0.1) is 0 Å². The van der Waals surface area contributed by atoms with Crippen LogP contribution in [0.15, 0.2) is 12.4 Å². The van der Waals surface area contributed by atoms with Crippen molar-refractivity contribution in [2.24, 2.45) is 0 Å². The summed E-state index contributed by atoms with van der Waals surface area (Å²) in [7, 11) is 0. The zero-order chi connectivity index (χ0) is 10.0. The van der Waals surface area contributed by atoms with Gasteiger partial charge in [-0.2, -0.15) is 5.10 Å². The first-order valence-electron chi connectivity index (χ1n) is 4.79. The Balaban J connectivity index is 2.01. The summed E-state index contributed by atoms with van der Waals surface area (Å²) >= 11 is 5.75. The van der Waals surface area contributed by atoms with Crippen molar-refractivity contribution in [1.29, 1.82) is 0 Å². The number of halogens is 1. The van der Waals surface area contributed by atoms with E-state index in [1.165, 1.54) is 0 Å². The van der Waals surface area contributed by atoms with Crippen LogP contribution in [-0.2, 0) is 6.54 Å². The second-order valence-corrected chi connectivity index (χ2v) is 4.27. The highest BCUT2D eigenvalue weighted by atomic mass is 35.5. The third-order valence-corrected chi connectivity index (χ3v) is 2.79. The molecule has 0 bridgehead atoms. The molecular weight excluding hydrogens is 202 g/mol. The lowest BCUT2D eigenvalue weighted by Gasteiger charge is -2.32. The Morgan fingerprint density at radius 2 is 2.29 bits per heavy atom. The fraction of sp³-hybridized carbons (Fsp3) is 0.667. The molecule has 78 valence electrons. The van der Waals surface area contributed by atoms with Crippen LogP contribution in [0.25, 0.3) is 0 Å². The summed E-state index contributed by atoms with van der Waals surface area (Å²) in [4.78, 5) is 0. The molecular formula is C9H14ClN3O. The molecule has 0 radical (unpaired) electrons. The first kappa shape index (κ1) is 9.96. The van der Waals surface area contributed by atoms with Gasteiger partial charge in [0.25, 0.3) is 0 Å². The minimum absolute atomic E-state index is 0.529. The highest BCUT2D eigenvalue weighted by molar-refractivity contribution is 6.30. The van der Waals surface area contributed by atoms with E-state index < -0.39 is 5.60 Å². The average Bonchev–Trinajstić information content (AvgIpc) is 2.51. The first-order valence-corrected chi connectivity index (χ1v) is 5.17. The van der Waals surface area contributed by atoms with E-state index >= 15 is 0 Å². The van der Waals surface area contributed by atoms with Crippen molar-refractivity contribution >= 4 is 11.6 Å². The Morgan fingerprint density at radius 3 is 2.86 bits per heavy atom. The maximum absolute atomic E-state index is 10.2. The molecule has 2 heterocycles. The summed E-state index contributed by atoms with van der Waals surface area (Å²) in [6.07, 6.45) is 4.86. The lowest BCUT2D eigenvalue weighted by Crippen LogP contribution is -2.44. The van der Waals surface area contributed by atoms with Crippen molar-refractivity contribution in [3.63, 3.8) is 0 Å². The molecule has 0 amide bonds. The molecule has 0 aliphatic carbocycles. The molecule has 2 N–H and O–H groups in total. The van der Waals surface area contributed by atoms with Crippen LogP contribution in [0.5, 0.6) is 0 Å². The molecule has 4 nitrogen and oxygen atoms in total. The van der Waals surface area contributed by atoms with E-state index in [9.17, 15) is 5.11 Å². The van der Waals surface area contributed by atoms with E-state index in [1.54, 1.807) is 17.1 Å². The number of aromatic nitrogens is 2. The van der Waals surface area contributed by atoms with Crippen LogP contribution >= 0.6 is 11.6 Å². The zero-order valence-corrected chi connectivity index (χ0v) is 8.67. The monoisotopic (exact) mass is 215 g/mol. The third kappa shape index (κ3) is 2.26. The molecule has 1 fully saturated rings. The van der Waals surface area contributed by atoms with Gasteiger partial charge < -0.3 is 10.4 Å². The molecule has 14 heavy (non-hydrogen) atoms. The van der Waals surface area contributed by atoms with Gasteiger partial charge in [0.2, 0.25) is 0 Å². The Morgan fingerprint density at radius 1 is 1.57 bits per heavy atom. The van der Waals surface area contributed by atoms with Gasteiger partial charge in [-0.25, -0.2) is 0 Å². The number of nitrogens with zero attached hydrogens (tertiary/aromatic N) is 2. The highest BCUT2D eigenvalue weighted by Gasteiger charge is 2.29. The van der Waals surface area contributed by atoms with Gasteiger partial charge in [-0.3, -0.25) is 4.68 Å². The van der Waals surface area contributed by atoms with Crippen LogP contribution in [-0.4, -0.2) is 33.6 Å². The topological polar surface area (TPSA) is 50.1 Å². The predicted octanol–water partition coefficient (Wildman–Crippen LogP) is 0.651. The van der Waals surface area contributed by atoms with Crippen LogP contribution in [0.3, 0.4) is 0 Å². The molecule has 0 atom stereocenters. The van der Waals surface area contributed by atoms with E-state index in [0.29, 0.717) is 11.6 Å². The van der Waals surface area contributed by atoms with Crippen molar-refractivity contribution in [3.8, 4) is 0 Å². The number of nitrogens with one attached hydrogen (secondary N) is 1. The molecule has 0 saturated carbocycles. The lowest BCUT2D eigenvalue weighted by atomic mass is 9.92. The first-order chi connectivity index (χ1) is 6.68. The highest BCUT2D eigenvalue weighted by Crippen LogP contribution is 2.20. The summed E-state index contributed by atoms with van der Waals surface area (Å²) < 4.78 is 1.70. The second-order valence-electron chi connectivity index (χ2n) is 3.83. The fourth-order valence-corrected chi connectivity index (χ4v) is 1.93. The van der Waals surface area contributed by atoms with E-state index in [-0.39, 0.29) is 0 Å². The zero-order valence-electron chi connectivity index (χ0n) is 7.91. The van der Waals surface area contributed by atoms with Crippen LogP contribution in [0.2, 0.25) is 5.02 Å². The van der Waals surface area contributed by atoms with Crippen LogP contribution in [0.1, 0.15) is 12.8 Å². The molecule has 1 aromatic heterocycles. The number of piperidine rings is 1. The minimum Gasteiger partial charge on any atom is -0.388 e. The van der Waals surface area contributed by atoms with Gasteiger partial charge in [0.15, 0.2) is 0 Å². The molecule has 1 aromatic rings. The summed E-state index contributed by atoms with van der Waals surface area (Å²) in [5.41, 5.74) is -0.624. The second kappa shape index (κ2) is 3.88. The molecule has 0 spiro atoms. The van der Waals surface area contributed by atoms with Gasteiger partial charge in [0.05, 0.1) is 23.4 Å². The molecule has 2 rings (SSSR count). The molecule has 5 heteroatoms. The van der Waals surface area contributed by atoms with E-state index in [1.807, 2.05) is 0 Å². The normalized spacial score (nSPS) is 21.0. The van der Waals surface area contributed by atoms with Crippen LogP contribution < -0.4 is 5.32 Å². The summed E-state index contributed by atoms with van der Waals surface area (Å²) in [5, 5.41) is 18.1. The van der Waals surface area contributed by atoms with Crippen molar-refractivity contribution in [2.75, 3.05) is 13.1 Å². The maximum atomic E-state index is 10.2. The fourth-order valence-electron chi connectivity index (χ4n) is 1.78.